The van der Waals surface area contributed by atoms with E-state index in [9.17, 15) is 14.0 Å². The number of hydrogen-bond donors (Lipinski definition) is 1. The number of carbonyl (C=O) groups is 1. The van der Waals surface area contributed by atoms with Gasteiger partial charge < -0.3 is 5.11 Å². The van der Waals surface area contributed by atoms with Crippen LogP contribution in [0.2, 0.25) is 0 Å². The fourth-order valence-electron chi connectivity index (χ4n) is 0.716. The number of aromatic nitrogens is 2. The minimum atomic E-state index is -1.52. The first-order chi connectivity index (χ1) is 5.95. The van der Waals surface area contributed by atoms with Crippen molar-refractivity contribution in [2.75, 3.05) is 0 Å². The third kappa shape index (κ3) is 1.59. The van der Waals surface area contributed by atoms with E-state index in [0.717, 1.165) is 4.68 Å². The van der Waals surface area contributed by atoms with Gasteiger partial charge in [-0.3, -0.25) is 4.79 Å². The van der Waals surface area contributed by atoms with Gasteiger partial charge in [0.25, 0.3) is 5.56 Å². The molecule has 0 aromatic carbocycles. The van der Waals surface area contributed by atoms with Crippen LogP contribution < -0.4 is 5.56 Å². The first-order valence-corrected chi connectivity index (χ1v) is 3.90. The van der Waals surface area contributed by atoms with Crippen LogP contribution in [0.1, 0.15) is 10.5 Å². The van der Waals surface area contributed by atoms with Crippen molar-refractivity contribution in [3.8, 4) is 0 Å². The van der Waals surface area contributed by atoms with Crippen LogP contribution in [-0.2, 0) is 7.05 Å². The minimum Gasteiger partial charge on any atom is -0.476 e. The zero-order valence-corrected chi connectivity index (χ0v) is 8.00. The summed E-state index contributed by atoms with van der Waals surface area (Å²) in [6.07, 6.45) is 0. The molecule has 0 atom stereocenters. The number of carboxylic acids is 1. The SMILES string of the molecule is Cn1nc(C(=O)O)c(F)c(Br)c1=O. The van der Waals surface area contributed by atoms with Gasteiger partial charge in [0.15, 0.2) is 5.82 Å². The molecule has 0 unspecified atom stereocenters. The number of aromatic carboxylic acids is 1. The molecule has 1 N–H and O–H groups in total. The van der Waals surface area contributed by atoms with E-state index in [1.165, 1.54) is 7.05 Å². The number of nitrogens with zero attached hydrogens (tertiary/aromatic N) is 2. The van der Waals surface area contributed by atoms with Crippen molar-refractivity contribution >= 4 is 21.9 Å². The van der Waals surface area contributed by atoms with E-state index in [1.54, 1.807) is 0 Å². The third-order valence-corrected chi connectivity index (χ3v) is 2.02. The molecule has 0 radical (unpaired) electrons. The van der Waals surface area contributed by atoms with Crippen molar-refractivity contribution in [3.05, 3.63) is 26.3 Å². The molecule has 0 fully saturated rings. The van der Waals surface area contributed by atoms with E-state index in [1.807, 2.05) is 0 Å². The lowest BCUT2D eigenvalue weighted by atomic mass is 10.4. The first kappa shape index (κ1) is 9.85. The minimum absolute atomic E-state index is 0.428. The molecule has 0 spiro atoms. The summed E-state index contributed by atoms with van der Waals surface area (Å²) in [6, 6.07) is 0. The van der Waals surface area contributed by atoms with E-state index < -0.39 is 27.5 Å². The second-order valence-electron chi connectivity index (χ2n) is 2.21. The molecule has 0 aliphatic carbocycles. The third-order valence-electron chi connectivity index (χ3n) is 1.33. The number of rotatable bonds is 1. The zero-order chi connectivity index (χ0) is 10.2. The second kappa shape index (κ2) is 3.25. The molecule has 0 saturated heterocycles. The number of carboxylic acid groups (broad SMARTS) is 1. The Morgan fingerprint density at radius 3 is 2.69 bits per heavy atom. The Bertz CT molecular complexity index is 429. The van der Waals surface area contributed by atoms with Gasteiger partial charge in [-0.15, -0.1) is 0 Å². The summed E-state index contributed by atoms with van der Waals surface area (Å²) in [6.45, 7) is 0. The summed E-state index contributed by atoms with van der Waals surface area (Å²) in [5.74, 6) is -2.68. The van der Waals surface area contributed by atoms with E-state index >= 15 is 0 Å². The molecule has 1 heterocycles. The molecule has 0 amide bonds. The van der Waals surface area contributed by atoms with Gasteiger partial charge in [-0.1, -0.05) is 0 Å². The van der Waals surface area contributed by atoms with Crippen molar-refractivity contribution in [1.29, 1.82) is 0 Å². The monoisotopic (exact) mass is 250 g/mol. The van der Waals surface area contributed by atoms with Gasteiger partial charge in [0, 0.05) is 7.05 Å². The topological polar surface area (TPSA) is 72.2 Å². The molecule has 1 aromatic rings. The highest BCUT2D eigenvalue weighted by Gasteiger charge is 2.18. The highest BCUT2D eigenvalue weighted by atomic mass is 79.9. The lowest BCUT2D eigenvalue weighted by molar-refractivity contribution is 0.0681. The Kier molecular flexibility index (Phi) is 2.46. The van der Waals surface area contributed by atoms with Gasteiger partial charge in [0.2, 0.25) is 5.69 Å². The Hall–Kier alpha value is -1.24. The van der Waals surface area contributed by atoms with Crippen molar-refractivity contribution in [3.63, 3.8) is 0 Å². The molecule has 1 aromatic heterocycles. The van der Waals surface area contributed by atoms with Crippen LogP contribution in [0.4, 0.5) is 4.39 Å². The lowest BCUT2D eigenvalue weighted by Crippen LogP contribution is -2.25. The highest BCUT2D eigenvalue weighted by Crippen LogP contribution is 2.11. The molecule has 13 heavy (non-hydrogen) atoms. The van der Waals surface area contributed by atoms with E-state index in [-0.39, 0.29) is 0 Å². The molecule has 0 bridgehead atoms. The molecule has 1 rings (SSSR count). The summed E-state index contributed by atoms with van der Waals surface area (Å²) >= 11 is 2.64. The normalized spacial score (nSPS) is 10.1. The van der Waals surface area contributed by atoms with Crippen LogP contribution in [-0.4, -0.2) is 20.9 Å². The summed E-state index contributed by atoms with van der Waals surface area (Å²) in [7, 11) is 1.24. The van der Waals surface area contributed by atoms with Gasteiger partial charge in [-0.2, -0.15) is 5.10 Å². The summed E-state index contributed by atoms with van der Waals surface area (Å²) < 4.78 is 13.3. The van der Waals surface area contributed by atoms with Crippen molar-refractivity contribution in [1.82, 2.24) is 9.78 Å². The number of hydrogen-bond acceptors (Lipinski definition) is 3. The average molecular weight is 251 g/mol. The van der Waals surface area contributed by atoms with Crippen molar-refractivity contribution in [2.45, 2.75) is 0 Å². The van der Waals surface area contributed by atoms with Gasteiger partial charge in [0.05, 0.1) is 0 Å². The van der Waals surface area contributed by atoms with Crippen LogP contribution in [0.25, 0.3) is 0 Å². The number of aryl methyl sites for hydroxylation is 1. The van der Waals surface area contributed by atoms with Gasteiger partial charge in [-0.25, -0.2) is 13.9 Å². The molecular weight excluding hydrogens is 247 g/mol. The summed E-state index contributed by atoms with van der Waals surface area (Å²) in [4.78, 5) is 21.4. The molecule has 0 aliphatic heterocycles. The van der Waals surface area contributed by atoms with Gasteiger partial charge in [-0.05, 0) is 15.9 Å². The number of halogens is 2. The highest BCUT2D eigenvalue weighted by molar-refractivity contribution is 9.10. The van der Waals surface area contributed by atoms with Crippen LogP contribution in [0, 0.1) is 5.82 Å². The molecule has 7 heteroatoms. The predicted octanol–water partition coefficient (Wildman–Crippen LogP) is 0.380. The van der Waals surface area contributed by atoms with Crippen LogP contribution in [0.5, 0.6) is 0 Å². The fraction of sp³-hybridized carbons (Fsp3) is 0.167. The quantitative estimate of drug-likeness (QED) is 0.783. The molecular formula is C6H4BrFN2O3. The summed E-state index contributed by atoms with van der Waals surface area (Å²) in [5.41, 5.74) is -1.50. The molecule has 0 saturated carbocycles. The predicted molar refractivity (Wildman–Crippen MR) is 44.1 cm³/mol. The maximum absolute atomic E-state index is 13.0. The second-order valence-corrected chi connectivity index (χ2v) is 3.00. The van der Waals surface area contributed by atoms with E-state index in [2.05, 4.69) is 21.0 Å². The Balaban J connectivity index is 3.60. The van der Waals surface area contributed by atoms with Gasteiger partial charge >= 0.3 is 5.97 Å². The Morgan fingerprint density at radius 1 is 1.69 bits per heavy atom. The van der Waals surface area contributed by atoms with Crippen LogP contribution in [0.15, 0.2) is 9.27 Å². The van der Waals surface area contributed by atoms with Crippen LogP contribution in [0.3, 0.4) is 0 Å². The van der Waals surface area contributed by atoms with Crippen molar-refractivity contribution in [2.24, 2.45) is 7.05 Å². The molecule has 5 nitrogen and oxygen atoms in total. The molecule has 0 aliphatic rings. The lowest BCUT2D eigenvalue weighted by Gasteiger charge is -2.01. The zero-order valence-electron chi connectivity index (χ0n) is 6.41. The first-order valence-electron chi connectivity index (χ1n) is 3.10. The Labute approximate surface area is 79.9 Å². The van der Waals surface area contributed by atoms with Crippen molar-refractivity contribution < 1.29 is 14.3 Å². The standard InChI is InChI=1S/C6H4BrFN2O3/c1-10-5(11)2(7)3(8)4(9-10)6(12)13/h1H3,(H,12,13). The maximum atomic E-state index is 13.0. The van der Waals surface area contributed by atoms with Gasteiger partial charge in [0.1, 0.15) is 4.47 Å². The van der Waals surface area contributed by atoms with E-state index in [4.69, 9.17) is 5.11 Å². The Morgan fingerprint density at radius 2 is 2.23 bits per heavy atom. The smallest absolute Gasteiger partial charge is 0.359 e. The average Bonchev–Trinajstić information content (AvgIpc) is 2.07. The largest absolute Gasteiger partial charge is 0.476 e. The molecule has 70 valence electrons. The van der Waals surface area contributed by atoms with E-state index in [0.29, 0.717) is 0 Å². The van der Waals surface area contributed by atoms with Crippen LogP contribution >= 0.6 is 15.9 Å². The maximum Gasteiger partial charge on any atom is 0.359 e. The fourth-order valence-corrected chi connectivity index (χ4v) is 1.16. The summed E-state index contributed by atoms with van der Waals surface area (Å²) in [5, 5.41) is 11.7.